The van der Waals surface area contributed by atoms with E-state index in [4.69, 9.17) is 14.2 Å². The first-order chi connectivity index (χ1) is 16.2. The number of carbonyl (C=O) groups is 1. The van der Waals surface area contributed by atoms with Crippen LogP contribution < -0.4 is 14.2 Å². The van der Waals surface area contributed by atoms with Crippen LogP contribution in [0, 0.1) is 0 Å². The Balaban J connectivity index is 1.44. The lowest BCUT2D eigenvalue weighted by Crippen LogP contribution is -2.08. The van der Waals surface area contributed by atoms with Crippen LogP contribution in [0.4, 0.5) is 0 Å². The molecule has 0 aliphatic carbocycles. The van der Waals surface area contributed by atoms with Gasteiger partial charge in [-0.15, -0.1) is 0 Å². The first kappa shape index (κ1) is 24.3. The maximum atomic E-state index is 12.4. The van der Waals surface area contributed by atoms with Crippen molar-refractivity contribution in [2.45, 2.75) is 52.4 Å². The summed E-state index contributed by atoms with van der Waals surface area (Å²) in [6, 6.07) is 18.6. The van der Waals surface area contributed by atoms with Gasteiger partial charge in [0.15, 0.2) is 0 Å². The lowest BCUT2D eigenvalue weighted by molar-refractivity contribution is 0.0734. The lowest BCUT2D eigenvalue weighted by atomic mass is 10.1. The maximum Gasteiger partial charge on any atom is 0.343 e. The van der Waals surface area contributed by atoms with E-state index in [2.05, 4.69) is 18.8 Å². The van der Waals surface area contributed by atoms with E-state index in [1.165, 1.54) is 12.8 Å². The Kier molecular flexibility index (Phi) is 9.77. The summed E-state index contributed by atoms with van der Waals surface area (Å²) in [6.07, 6.45) is 7.88. The fourth-order valence-electron chi connectivity index (χ4n) is 3.26. The summed E-state index contributed by atoms with van der Waals surface area (Å²) in [5, 5.41) is 0. The van der Waals surface area contributed by atoms with Crippen LogP contribution in [0.2, 0.25) is 0 Å². The Morgan fingerprint density at radius 1 is 0.727 bits per heavy atom. The second-order valence-corrected chi connectivity index (χ2v) is 7.95. The van der Waals surface area contributed by atoms with Crippen molar-refractivity contribution >= 4 is 5.97 Å². The van der Waals surface area contributed by atoms with E-state index in [1.54, 1.807) is 30.5 Å². The largest absolute Gasteiger partial charge is 0.494 e. The van der Waals surface area contributed by atoms with E-state index < -0.39 is 0 Å². The summed E-state index contributed by atoms with van der Waals surface area (Å²) in [6.45, 7) is 5.63. The number of benzene rings is 2. The number of aryl methyl sites for hydroxylation is 2. The molecule has 0 atom stereocenters. The van der Waals surface area contributed by atoms with Gasteiger partial charge in [0.25, 0.3) is 0 Å². The van der Waals surface area contributed by atoms with Crippen molar-refractivity contribution < 1.29 is 19.0 Å². The molecular weight excluding hydrogens is 414 g/mol. The average Bonchev–Trinajstić information content (AvgIpc) is 2.86. The number of nitrogens with zero attached hydrogens (tertiary/aromatic N) is 1. The fourth-order valence-corrected chi connectivity index (χ4v) is 3.26. The van der Waals surface area contributed by atoms with Crippen molar-refractivity contribution in [3.8, 4) is 17.2 Å². The summed E-state index contributed by atoms with van der Waals surface area (Å²) in [5.41, 5.74) is 2.68. The second-order valence-electron chi connectivity index (χ2n) is 7.95. The highest BCUT2D eigenvalue weighted by Gasteiger charge is 2.09. The van der Waals surface area contributed by atoms with Crippen LogP contribution in [0.5, 0.6) is 17.2 Å². The number of carbonyl (C=O) groups excluding carboxylic acids is 1. The van der Waals surface area contributed by atoms with Crippen LogP contribution in [0.25, 0.3) is 0 Å². The summed E-state index contributed by atoms with van der Waals surface area (Å²) in [7, 11) is 0. The molecule has 0 aliphatic rings. The zero-order valence-electron chi connectivity index (χ0n) is 19.6. The van der Waals surface area contributed by atoms with E-state index in [0.29, 0.717) is 17.9 Å². The number of unbranched alkanes of at least 4 members (excludes halogenated alkanes) is 2. The molecule has 0 N–H and O–H groups in total. The van der Waals surface area contributed by atoms with Crippen LogP contribution >= 0.6 is 0 Å². The van der Waals surface area contributed by atoms with Gasteiger partial charge >= 0.3 is 5.97 Å². The first-order valence-electron chi connectivity index (χ1n) is 11.8. The third-order valence-electron chi connectivity index (χ3n) is 5.18. The van der Waals surface area contributed by atoms with E-state index >= 15 is 0 Å². The van der Waals surface area contributed by atoms with Crippen molar-refractivity contribution in [1.29, 1.82) is 0 Å². The topological polar surface area (TPSA) is 57.7 Å². The predicted molar refractivity (Wildman–Crippen MR) is 130 cm³/mol. The lowest BCUT2D eigenvalue weighted by Gasteiger charge is -2.08. The van der Waals surface area contributed by atoms with Gasteiger partial charge in [-0.3, -0.25) is 4.98 Å². The SMILES string of the molecule is CCCCCOc1ccc(CCc2ccc(OC(=O)c3ccc(OCCC)cc3)cc2)nc1. The summed E-state index contributed by atoms with van der Waals surface area (Å²) >= 11 is 0. The highest BCUT2D eigenvalue weighted by atomic mass is 16.5. The molecule has 2 aromatic carbocycles. The van der Waals surface area contributed by atoms with Crippen LogP contribution in [0.15, 0.2) is 66.9 Å². The molecule has 33 heavy (non-hydrogen) atoms. The Morgan fingerprint density at radius 2 is 1.42 bits per heavy atom. The minimum absolute atomic E-state index is 0.383. The van der Waals surface area contributed by atoms with E-state index in [0.717, 1.165) is 55.0 Å². The Hall–Kier alpha value is -3.34. The van der Waals surface area contributed by atoms with Crippen molar-refractivity contribution in [1.82, 2.24) is 4.98 Å². The predicted octanol–water partition coefficient (Wildman–Crippen LogP) is 6.44. The average molecular weight is 448 g/mol. The van der Waals surface area contributed by atoms with Gasteiger partial charge in [0, 0.05) is 5.69 Å². The van der Waals surface area contributed by atoms with Gasteiger partial charge in [-0.25, -0.2) is 4.79 Å². The highest BCUT2D eigenvalue weighted by molar-refractivity contribution is 5.91. The Labute approximate surface area is 196 Å². The highest BCUT2D eigenvalue weighted by Crippen LogP contribution is 2.18. The number of aromatic nitrogens is 1. The van der Waals surface area contributed by atoms with E-state index in [1.807, 2.05) is 36.4 Å². The standard InChI is InChI=1S/C28H33NO4/c1-3-5-6-20-32-27-18-13-24(29-21-27)12-7-22-8-14-26(15-9-22)33-28(30)23-10-16-25(17-11-23)31-19-4-2/h8-11,13-18,21H,3-7,12,19-20H2,1-2H3. The van der Waals surface area contributed by atoms with Gasteiger partial charge in [-0.05, 0) is 79.8 Å². The number of pyridine rings is 1. The first-order valence-corrected chi connectivity index (χ1v) is 11.8. The monoisotopic (exact) mass is 447 g/mol. The molecule has 0 saturated heterocycles. The molecule has 5 nitrogen and oxygen atoms in total. The summed E-state index contributed by atoms with van der Waals surface area (Å²) in [5.74, 6) is 1.72. The van der Waals surface area contributed by atoms with Crippen LogP contribution in [0.3, 0.4) is 0 Å². The Morgan fingerprint density at radius 3 is 2.09 bits per heavy atom. The number of esters is 1. The van der Waals surface area contributed by atoms with E-state index in [-0.39, 0.29) is 5.97 Å². The fraction of sp³-hybridized carbons (Fsp3) is 0.357. The molecule has 0 fully saturated rings. The van der Waals surface area contributed by atoms with Crippen molar-refractivity contribution in [3.05, 3.63) is 83.7 Å². The zero-order chi connectivity index (χ0) is 23.3. The normalized spacial score (nSPS) is 10.6. The molecule has 0 amide bonds. The molecule has 3 aromatic rings. The third-order valence-corrected chi connectivity index (χ3v) is 5.18. The third kappa shape index (κ3) is 8.26. The molecule has 174 valence electrons. The van der Waals surface area contributed by atoms with Crippen LogP contribution in [0.1, 0.15) is 61.1 Å². The number of ether oxygens (including phenoxy) is 3. The van der Waals surface area contributed by atoms with Crippen molar-refractivity contribution in [2.75, 3.05) is 13.2 Å². The zero-order valence-corrected chi connectivity index (χ0v) is 19.6. The number of rotatable bonds is 13. The molecule has 0 saturated carbocycles. The van der Waals surface area contributed by atoms with Gasteiger partial charge in [-0.1, -0.05) is 38.8 Å². The summed E-state index contributed by atoms with van der Waals surface area (Å²) in [4.78, 5) is 16.9. The van der Waals surface area contributed by atoms with Crippen molar-refractivity contribution in [3.63, 3.8) is 0 Å². The number of hydrogen-bond acceptors (Lipinski definition) is 5. The van der Waals surface area contributed by atoms with E-state index in [9.17, 15) is 4.79 Å². The van der Waals surface area contributed by atoms with Gasteiger partial charge in [0.05, 0.1) is 25.0 Å². The molecule has 5 heteroatoms. The second kappa shape index (κ2) is 13.3. The van der Waals surface area contributed by atoms with Gasteiger partial charge < -0.3 is 14.2 Å². The smallest absolute Gasteiger partial charge is 0.343 e. The molecule has 0 spiro atoms. The Bertz CT molecular complexity index is 966. The van der Waals surface area contributed by atoms with Gasteiger partial charge in [-0.2, -0.15) is 0 Å². The summed E-state index contributed by atoms with van der Waals surface area (Å²) < 4.78 is 16.8. The molecular formula is C28H33NO4. The van der Waals surface area contributed by atoms with Gasteiger partial charge in [0.2, 0.25) is 0 Å². The molecule has 0 unspecified atom stereocenters. The molecule has 0 bridgehead atoms. The molecule has 0 aliphatic heterocycles. The molecule has 1 heterocycles. The molecule has 1 aromatic heterocycles. The minimum Gasteiger partial charge on any atom is -0.494 e. The van der Waals surface area contributed by atoms with Crippen LogP contribution in [-0.4, -0.2) is 24.2 Å². The molecule has 3 rings (SSSR count). The van der Waals surface area contributed by atoms with Crippen LogP contribution in [-0.2, 0) is 12.8 Å². The minimum atomic E-state index is -0.383. The maximum absolute atomic E-state index is 12.4. The number of hydrogen-bond donors (Lipinski definition) is 0. The molecule has 0 radical (unpaired) electrons. The van der Waals surface area contributed by atoms with Gasteiger partial charge in [0.1, 0.15) is 17.2 Å². The van der Waals surface area contributed by atoms with Crippen molar-refractivity contribution in [2.24, 2.45) is 0 Å². The quantitative estimate of drug-likeness (QED) is 0.171.